The zero-order valence-electron chi connectivity index (χ0n) is 13.2. The summed E-state index contributed by atoms with van der Waals surface area (Å²) < 4.78 is 5.38. The quantitative estimate of drug-likeness (QED) is 0.589. The summed E-state index contributed by atoms with van der Waals surface area (Å²) in [6, 6.07) is 0. The standard InChI is InChI=1S/C15H26N2O2.ClH/c1-7-15(8-2,9-3)17-10-12(11-17)19-13(18)16-14(4,5)6;/h1,12H,8-11H2,2-6H3,(H,16,18);1H. The Kier molecular flexibility index (Phi) is 6.86. The number of terminal acetylenes is 1. The van der Waals surface area contributed by atoms with Crippen LogP contribution in [0, 0.1) is 12.3 Å². The average Bonchev–Trinajstić information content (AvgIpc) is 2.25. The highest BCUT2D eigenvalue weighted by Crippen LogP contribution is 2.13. The Hall–Kier alpha value is -0.920. The number of carbonyl (C=O) groups is 1. The van der Waals surface area contributed by atoms with E-state index in [2.05, 4.69) is 25.1 Å². The molecule has 1 heterocycles. The van der Waals surface area contributed by atoms with Gasteiger partial charge in [-0.1, -0.05) is 13.8 Å². The summed E-state index contributed by atoms with van der Waals surface area (Å²) in [5.74, 6) is 2.94. The summed E-state index contributed by atoms with van der Waals surface area (Å²) in [6.07, 6.45) is 7.24. The lowest BCUT2D eigenvalue weighted by atomic mass is 9.88. The van der Waals surface area contributed by atoms with Crippen LogP contribution in [-0.4, -0.2) is 36.4 Å². The number of rotatable bonds is 4. The van der Waals surface area contributed by atoms with E-state index in [0.29, 0.717) is 0 Å². The third-order valence-electron chi connectivity index (χ3n) is 3.86. The molecular formula is C15H27ClN2O2. The molecular weight excluding hydrogens is 276 g/mol. The first-order chi connectivity index (χ1) is 8.76. The third-order valence-corrected chi connectivity index (χ3v) is 3.86. The highest BCUT2D eigenvalue weighted by molar-refractivity contribution is 5.68. The molecule has 0 aromatic heterocycles. The van der Waals surface area contributed by atoms with Crippen LogP contribution < -0.4 is 22.6 Å². The van der Waals surface area contributed by atoms with Crippen LogP contribution in [0.2, 0.25) is 0 Å². The largest absolute Gasteiger partial charge is 1.00 e. The summed E-state index contributed by atoms with van der Waals surface area (Å²) >= 11 is 0. The molecule has 0 aromatic carbocycles. The van der Waals surface area contributed by atoms with Gasteiger partial charge in [-0.25, -0.2) is 4.79 Å². The molecule has 116 valence electrons. The molecule has 1 fully saturated rings. The molecule has 0 unspecified atom stereocenters. The Bertz CT molecular complexity index is 361. The van der Waals surface area contributed by atoms with Crippen LogP contribution in [0.25, 0.3) is 0 Å². The van der Waals surface area contributed by atoms with Crippen LogP contribution in [0.4, 0.5) is 4.79 Å². The maximum absolute atomic E-state index is 11.6. The monoisotopic (exact) mass is 302 g/mol. The Morgan fingerprint density at radius 2 is 1.85 bits per heavy atom. The molecule has 1 aliphatic heterocycles. The number of likely N-dealkylation sites (tertiary alicyclic amines) is 1. The number of halogens is 1. The molecule has 1 saturated heterocycles. The molecule has 4 nitrogen and oxygen atoms in total. The van der Waals surface area contributed by atoms with Crippen molar-refractivity contribution in [1.29, 1.82) is 0 Å². The molecule has 0 bridgehead atoms. The normalized spacial score (nSPS) is 22.0. The molecule has 0 spiro atoms. The minimum Gasteiger partial charge on any atom is -1.00 e. The fourth-order valence-electron chi connectivity index (χ4n) is 2.51. The predicted octanol–water partition coefficient (Wildman–Crippen LogP) is -2.03. The molecule has 0 radical (unpaired) electrons. The van der Waals surface area contributed by atoms with E-state index in [-0.39, 0.29) is 35.7 Å². The van der Waals surface area contributed by atoms with E-state index in [1.165, 1.54) is 4.90 Å². The van der Waals surface area contributed by atoms with Gasteiger partial charge in [0.2, 0.25) is 6.10 Å². The van der Waals surface area contributed by atoms with Crippen molar-refractivity contribution in [2.24, 2.45) is 0 Å². The minimum atomic E-state index is -0.337. The van der Waals surface area contributed by atoms with Gasteiger partial charge in [-0.2, -0.15) is 0 Å². The van der Waals surface area contributed by atoms with Crippen LogP contribution in [0.5, 0.6) is 0 Å². The van der Waals surface area contributed by atoms with Crippen LogP contribution in [0.15, 0.2) is 0 Å². The number of ether oxygens (including phenoxy) is 1. The molecule has 1 aliphatic rings. The molecule has 1 amide bonds. The third kappa shape index (κ3) is 4.57. The van der Waals surface area contributed by atoms with E-state index in [4.69, 9.17) is 11.2 Å². The van der Waals surface area contributed by atoms with E-state index >= 15 is 0 Å². The zero-order valence-corrected chi connectivity index (χ0v) is 13.9. The Balaban J connectivity index is 0.00000361. The van der Waals surface area contributed by atoms with Crippen molar-refractivity contribution < 1.29 is 26.8 Å². The van der Waals surface area contributed by atoms with Gasteiger partial charge in [0, 0.05) is 18.4 Å². The Morgan fingerprint density at radius 3 is 2.20 bits per heavy atom. The highest BCUT2D eigenvalue weighted by atomic mass is 35.5. The summed E-state index contributed by atoms with van der Waals surface area (Å²) in [7, 11) is 0. The van der Waals surface area contributed by atoms with Crippen molar-refractivity contribution in [3.63, 3.8) is 0 Å². The fourth-order valence-corrected chi connectivity index (χ4v) is 2.51. The lowest BCUT2D eigenvalue weighted by Crippen LogP contribution is -3.28. The number of amides is 1. The van der Waals surface area contributed by atoms with Crippen molar-refractivity contribution in [3.05, 3.63) is 0 Å². The smallest absolute Gasteiger partial charge is 0.408 e. The van der Waals surface area contributed by atoms with Gasteiger partial charge < -0.3 is 27.4 Å². The van der Waals surface area contributed by atoms with E-state index in [9.17, 15) is 4.79 Å². The first-order valence-electron chi connectivity index (χ1n) is 7.08. The van der Waals surface area contributed by atoms with Crippen molar-refractivity contribution in [2.75, 3.05) is 13.1 Å². The molecule has 0 atom stereocenters. The maximum Gasteiger partial charge on any atom is 0.408 e. The Labute approximate surface area is 129 Å². The van der Waals surface area contributed by atoms with Crippen LogP contribution in [-0.2, 0) is 4.74 Å². The van der Waals surface area contributed by atoms with Gasteiger partial charge in [0.15, 0.2) is 5.54 Å². The maximum atomic E-state index is 11.6. The number of nitrogens with one attached hydrogen (secondary N) is 2. The van der Waals surface area contributed by atoms with Gasteiger partial charge in [-0.15, -0.1) is 6.42 Å². The van der Waals surface area contributed by atoms with Crippen molar-refractivity contribution in [2.45, 2.75) is 64.6 Å². The van der Waals surface area contributed by atoms with Crippen molar-refractivity contribution in [1.82, 2.24) is 5.32 Å². The van der Waals surface area contributed by atoms with Gasteiger partial charge >= 0.3 is 6.09 Å². The predicted molar refractivity (Wildman–Crippen MR) is 76.0 cm³/mol. The molecule has 0 aromatic rings. The summed E-state index contributed by atoms with van der Waals surface area (Å²) in [5.41, 5.74) is -0.358. The first kappa shape index (κ1) is 19.1. The topological polar surface area (TPSA) is 42.8 Å². The summed E-state index contributed by atoms with van der Waals surface area (Å²) in [6.45, 7) is 11.7. The van der Waals surface area contributed by atoms with E-state index < -0.39 is 0 Å². The number of hydrogen-bond donors (Lipinski definition) is 2. The molecule has 5 heteroatoms. The van der Waals surface area contributed by atoms with Gasteiger partial charge in [0.25, 0.3) is 0 Å². The molecule has 20 heavy (non-hydrogen) atoms. The van der Waals surface area contributed by atoms with E-state index in [0.717, 1.165) is 25.9 Å². The number of quaternary nitrogens is 1. The fraction of sp³-hybridized carbons (Fsp3) is 0.800. The van der Waals surface area contributed by atoms with Crippen molar-refractivity contribution >= 4 is 6.09 Å². The average molecular weight is 303 g/mol. The molecule has 1 rings (SSSR count). The summed E-state index contributed by atoms with van der Waals surface area (Å²) in [5, 5.41) is 2.80. The van der Waals surface area contributed by atoms with E-state index in [1.807, 2.05) is 20.8 Å². The van der Waals surface area contributed by atoms with Gasteiger partial charge in [0.05, 0.1) is 0 Å². The van der Waals surface area contributed by atoms with Crippen LogP contribution >= 0.6 is 0 Å². The van der Waals surface area contributed by atoms with Gasteiger partial charge in [0.1, 0.15) is 13.1 Å². The Morgan fingerprint density at radius 1 is 1.35 bits per heavy atom. The second-order valence-electron chi connectivity index (χ2n) is 6.35. The zero-order chi connectivity index (χ0) is 14.7. The van der Waals surface area contributed by atoms with Crippen molar-refractivity contribution in [3.8, 4) is 12.3 Å². The highest BCUT2D eigenvalue weighted by Gasteiger charge is 2.46. The van der Waals surface area contributed by atoms with Gasteiger partial charge in [-0.05, 0) is 26.7 Å². The first-order valence-corrected chi connectivity index (χ1v) is 7.08. The van der Waals surface area contributed by atoms with Crippen LogP contribution in [0.1, 0.15) is 47.5 Å². The number of hydrogen-bond acceptors (Lipinski definition) is 2. The number of carbonyl (C=O) groups excluding carboxylic acids is 1. The minimum absolute atomic E-state index is 0. The second-order valence-corrected chi connectivity index (χ2v) is 6.35. The second kappa shape index (κ2) is 7.19. The number of alkyl carbamates (subject to hydrolysis) is 1. The van der Waals surface area contributed by atoms with E-state index in [1.54, 1.807) is 0 Å². The molecule has 0 saturated carbocycles. The lowest BCUT2D eigenvalue weighted by Gasteiger charge is -2.45. The van der Waals surface area contributed by atoms with Gasteiger partial charge in [-0.3, -0.25) is 0 Å². The van der Waals surface area contributed by atoms with Crippen LogP contribution in [0.3, 0.4) is 0 Å². The molecule has 2 N–H and O–H groups in total. The SMILES string of the molecule is C#CC(CC)(CC)[NH+]1CC(OC(=O)NC(C)(C)C)C1.[Cl-]. The molecule has 0 aliphatic carbocycles. The lowest BCUT2D eigenvalue weighted by molar-refractivity contribution is -0.988. The summed E-state index contributed by atoms with van der Waals surface area (Å²) in [4.78, 5) is 13.0.